The van der Waals surface area contributed by atoms with E-state index in [4.69, 9.17) is 0 Å². The molecule has 0 spiro atoms. The van der Waals surface area contributed by atoms with Gasteiger partial charge in [0.25, 0.3) is 0 Å². The smallest absolute Gasteiger partial charge is 0.0630 e. The van der Waals surface area contributed by atoms with Crippen molar-refractivity contribution in [1.82, 2.24) is 0 Å². The standard InChI is InChI=1S/C69H49N/c1-44-64-41-51(34-37-60(64)58-21-9-10-24-63(58)69(44)49-14-3-2-4-15-49)47-30-26-45(27-31-47)46-28-32-48(33-29-46)52-36-39-68-66(43-52)62-23-11-12-25-67(62)70(68)54-17-13-16-50(40-54)53-35-38-61-57-20-6-5-18-55(57)56-19-7-8-22-59(56)65(61)42-53/h2-44,66,68-69H,1H3. The van der Waals surface area contributed by atoms with Crippen molar-refractivity contribution in [3.8, 4) is 44.5 Å². The molecular formula is C69H49N. The topological polar surface area (TPSA) is 3.24 Å². The van der Waals surface area contributed by atoms with Gasteiger partial charge in [-0.2, -0.15) is 0 Å². The number of hydrogen-bond donors (Lipinski definition) is 0. The van der Waals surface area contributed by atoms with Crippen LogP contribution in [0.4, 0.5) is 11.4 Å². The summed E-state index contributed by atoms with van der Waals surface area (Å²) in [4.78, 5) is 2.55. The molecule has 0 amide bonds. The fraction of sp³-hybridized carbons (Fsp3) is 0.0725. The maximum atomic E-state index is 2.55. The summed E-state index contributed by atoms with van der Waals surface area (Å²) >= 11 is 0. The Hall–Kier alpha value is -8.52. The molecule has 0 radical (unpaired) electrons. The van der Waals surface area contributed by atoms with Crippen LogP contribution in [-0.2, 0) is 0 Å². The molecule has 1 nitrogen and oxygen atoms in total. The zero-order valence-corrected chi connectivity index (χ0v) is 39.0. The molecule has 1 heteroatoms. The number of nitrogens with zero attached hydrogens (tertiary/aromatic N) is 1. The lowest BCUT2D eigenvalue weighted by Gasteiger charge is -2.34. The summed E-state index contributed by atoms with van der Waals surface area (Å²) in [5.41, 5.74) is 20.7. The number of rotatable bonds is 6. The number of para-hydroxylation sites is 1. The molecule has 1 heterocycles. The molecule has 1 aliphatic heterocycles. The SMILES string of the molecule is CC1c2cc(-c3ccc(-c4ccc(C5=CC6c7ccccc7N(c7cccc(-c8ccc9c%10ccccc%10c%10ccccc%10c9c8)c7)C6C=C5)cc4)cc3)ccc2-c2ccccc2C1c1ccccc1. The van der Waals surface area contributed by atoms with Crippen LogP contribution in [0.25, 0.3) is 82.4 Å². The van der Waals surface area contributed by atoms with Crippen LogP contribution in [0.3, 0.4) is 0 Å². The molecule has 70 heavy (non-hydrogen) atoms. The van der Waals surface area contributed by atoms with Crippen LogP contribution in [0.15, 0.2) is 255 Å². The van der Waals surface area contributed by atoms with Gasteiger partial charge in [-0.25, -0.2) is 0 Å². The fourth-order valence-corrected chi connectivity index (χ4v) is 12.4. The van der Waals surface area contributed by atoms with Gasteiger partial charge in [0.1, 0.15) is 0 Å². The number of hydrogen-bond acceptors (Lipinski definition) is 1. The van der Waals surface area contributed by atoms with Crippen molar-refractivity contribution < 1.29 is 0 Å². The second-order valence-corrected chi connectivity index (χ2v) is 19.5. The highest BCUT2D eigenvalue weighted by Crippen LogP contribution is 2.52. The lowest BCUT2D eigenvalue weighted by Crippen LogP contribution is -2.29. The van der Waals surface area contributed by atoms with Crippen LogP contribution in [0.1, 0.15) is 52.5 Å². The molecule has 11 aromatic rings. The molecule has 0 fully saturated rings. The van der Waals surface area contributed by atoms with Gasteiger partial charge < -0.3 is 4.90 Å². The maximum absolute atomic E-state index is 2.55. The van der Waals surface area contributed by atoms with Crippen LogP contribution in [0.2, 0.25) is 0 Å². The Morgan fingerprint density at radius 2 is 0.886 bits per heavy atom. The molecule has 3 aliphatic rings. The van der Waals surface area contributed by atoms with E-state index >= 15 is 0 Å². The van der Waals surface area contributed by atoms with Gasteiger partial charge in [-0.1, -0.05) is 237 Å². The van der Waals surface area contributed by atoms with Crippen molar-refractivity contribution >= 4 is 49.3 Å². The molecule has 4 unspecified atom stereocenters. The quantitative estimate of drug-likeness (QED) is 0.150. The Morgan fingerprint density at radius 3 is 1.61 bits per heavy atom. The highest BCUT2D eigenvalue weighted by atomic mass is 15.2. The van der Waals surface area contributed by atoms with E-state index in [1.165, 1.54) is 122 Å². The molecule has 2 aliphatic carbocycles. The Kier molecular flexibility index (Phi) is 9.46. The predicted molar refractivity (Wildman–Crippen MR) is 296 cm³/mol. The minimum absolute atomic E-state index is 0.181. The third-order valence-electron chi connectivity index (χ3n) is 15.8. The highest BCUT2D eigenvalue weighted by Gasteiger charge is 2.38. The van der Waals surface area contributed by atoms with Crippen LogP contribution in [0, 0.1) is 0 Å². The molecule has 0 aromatic heterocycles. The zero-order valence-electron chi connectivity index (χ0n) is 39.0. The molecule has 4 atom stereocenters. The van der Waals surface area contributed by atoms with Crippen molar-refractivity contribution in [3.63, 3.8) is 0 Å². The summed E-state index contributed by atoms with van der Waals surface area (Å²) in [6.07, 6.45) is 7.26. The van der Waals surface area contributed by atoms with Gasteiger partial charge in [-0.15, -0.1) is 0 Å². The largest absolute Gasteiger partial charge is 0.333 e. The summed E-state index contributed by atoms with van der Waals surface area (Å²) in [6.45, 7) is 2.40. The lowest BCUT2D eigenvalue weighted by atomic mass is 9.69. The molecule has 14 rings (SSSR count). The Labute approximate surface area is 410 Å². The minimum atomic E-state index is 0.181. The number of fused-ring (bicyclic) bond motifs is 12. The Bertz CT molecular complexity index is 3880. The third kappa shape index (κ3) is 6.53. The first-order chi connectivity index (χ1) is 34.6. The first kappa shape index (κ1) is 40.5. The van der Waals surface area contributed by atoms with E-state index in [1.807, 2.05) is 0 Å². The minimum Gasteiger partial charge on any atom is -0.333 e. The highest BCUT2D eigenvalue weighted by molar-refractivity contribution is 6.25. The van der Waals surface area contributed by atoms with Crippen LogP contribution in [-0.4, -0.2) is 6.04 Å². The summed E-state index contributed by atoms with van der Waals surface area (Å²) in [7, 11) is 0. The van der Waals surface area contributed by atoms with Crippen molar-refractivity contribution in [1.29, 1.82) is 0 Å². The van der Waals surface area contributed by atoms with Crippen LogP contribution >= 0.6 is 0 Å². The van der Waals surface area contributed by atoms with E-state index in [-0.39, 0.29) is 12.0 Å². The summed E-state index contributed by atoms with van der Waals surface area (Å²) in [5, 5.41) is 7.80. The Morgan fingerprint density at radius 1 is 0.357 bits per heavy atom. The van der Waals surface area contributed by atoms with Crippen molar-refractivity contribution in [2.75, 3.05) is 4.90 Å². The molecule has 0 saturated heterocycles. The first-order valence-corrected chi connectivity index (χ1v) is 24.8. The predicted octanol–water partition coefficient (Wildman–Crippen LogP) is 18.3. The average molecular weight is 892 g/mol. The van der Waals surface area contributed by atoms with Gasteiger partial charge in [-0.3, -0.25) is 0 Å². The van der Waals surface area contributed by atoms with Gasteiger partial charge >= 0.3 is 0 Å². The lowest BCUT2D eigenvalue weighted by molar-refractivity contribution is 0.650. The molecule has 0 N–H and O–H groups in total. The van der Waals surface area contributed by atoms with Crippen molar-refractivity contribution in [3.05, 3.63) is 283 Å². The zero-order chi connectivity index (χ0) is 46.3. The van der Waals surface area contributed by atoms with Crippen molar-refractivity contribution in [2.24, 2.45) is 0 Å². The normalized spacial score (nSPS) is 17.8. The number of allylic oxidation sites excluding steroid dienone is 2. The third-order valence-corrected chi connectivity index (χ3v) is 15.8. The van der Waals surface area contributed by atoms with Gasteiger partial charge in [0.2, 0.25) is 0 Å². The van der Waals surface area contributed by atoms with Gasteiger partial charge in [0.15, 0.2) is 0 Å². The van der Waals surface area contributed by atoms with E-state index in [1.54, 1.807) is 0 Å². The molecular weight excluding hydrogens is 843 g/mol. The number of anilines is 2. The first-order valence-electron chi connectivity index (χ1n) is 24.8. The van der Waals surface area contributed by atoms with Gasteiger partial charge in [0.05, 0.1) is 6.04 Å². The van der Waals surface area contributed by atoms with E-state index in [0.717, 1.165) is 0 Å². The average Bonchev–Trinajstić information content (AvgIpc) is 3.77. The van der Waals surface area contributed by atoms with E-state index in [9.17, 15) is 0 Å². The van der Waals surface area contributed by atoms with E-state index in [0.29, 0.717) is 11.8 Å². The van der Waals surface area contributed by atoms with E-state index in [2.05, 4.69) is 267 Å². The van der Waals surface area contributed by atoms with Crippen LogP contribution < -0.4 is 4.90 Å². The summed E-state index contributed by atoms with van der Waals surface area (Å²) in [6, 6.07) is 88.4. The second kappa shape index (κ2) is 16.3. The fourth-order valence-electron chi connectivity index (χ4n) is 12.4. The van der Waals surface area contributed by atoms with Crippen molar-refractivity contribution in [2.45, 2.75) is 30.7 Å². The molecule has 0 bridgehead atoms. The maximum Gasteiger partial charge on any atom is 0.0630 e. The second-order valence-electron chi connectivity index (χ2n) is 19.5. The van der Waals surface area contributed by atoms with Crippen LogP contribution in [0.5, 0.6) is 0 Å². The Balaban J connectivity index is 0.728. The van der Waals surface area contributed by atoms with E-state index < -0.39 is 0 Å². The molecule has 11 aromatic carbocycles. The van der Waals surface area contributed by atoms with Gasteiger partial charge in [-0.05, 0) is 140 Å². The monoisotopic (exact) mass is 891 g/mol. The summed E-state index contributed by atoms with van der Waals surface area (Å²) in [5.74, 6) is 0.915. The molecule has 0 saturated carbocycles. The number of benzene rings is 11. The molecule has 330 valence electrons. The summed E-state index contributed by atoms with van der Waals surface area (Å²) < 4.78 is 0. The van der Waals surface area contributed by atoms with Gasteiger partial charge in [0, 0.05) is 23.2 Å².